The molecule has 0 saturated heterocycles. The normalized spacial score (nSPS) is 11.3. The highest BCUT2D eigenvalue weighted by Crippen LogP contribution is 2.29. The zero-order chi connectivity index (χ0) is 21.1. The molecular weight excluding hydrogens is 432 g/mol. The van der Waals surface area contributed by atoms with Gasteiger partial charge in [0.05, 0.1) is 5.52 Å². The van der Waals surface area contributed by atoms with Crippen LogP contribution in [-0.2, 0) is 23.0 Å². The minimum atomic E-state index is -3.76. The van der Waals surface area contributed by atoms with E-state index in [1.807, 2.05) is 37.4 Å². The van der Waals surface area contributed by atoms with Gasteiger partial charge in [0.1, 0.15) is 4.90 Å². The molecule has 0 aliphatic carbocycles. The Morgan fingerprint density at radius 1 is 1.03 bits per heavy atom. The Balaban J connectivity index is 0.00000272. The van der Waals surface area contributed by atoms with Gasteiger partial charge in [0.2, 0.25) is 0 Å². The van der Waals surface area contributed by atoms with Crippen LogP contribution in [0.5, 0.6) is 0 Å². The van der Waals surface area contributed by atoms with E-state index in [1.165, 1.54) is 15.7 Å². The number of benzene rings is 2. The summed E-state index contributed by atoms with van der Waals surface area (Å²) in [5.74, 6) is 0. The summed E-state index contributed by atoms with van der Waals surface area (Å²) < 4.78 is 27.9. The molecule has 2 aromatic heterocycles. The molecule has 0 fully saturated rings. The van der Waals surface area contributed by atoms with Crippen LogP contribution in [-0.4, -0.2) is 24.4 Å². The van der Waals surface area contributed by atoms with Crippen molar-refractivity contribution in [2.24, 2.45) is 0 Å². The molecule has 4 aromatic rings. The molecule has 0 atom stereocenters. The number of anilines is 2. The Kier molecular flexibility index (Phi) is 7.00. The largest absolute Gasteiger partial charge is 0.355 e. The van der Waals surface area contributed by atoms with Crippen LogP contribution < -0.4 is 10.6 Å². The number of aryl methyl sites for hydroxylation is 1. The highest BCUT2D eigenvalue weighted by atomic mass is 35.5. The fourth-order valence-corrected chi connectivity index (χ4v) is 4.87. The van der Waals surface area contributed by atoms with Crippen LogP contribution in [0.1, 0.15) is 18.1 Å². The van der Waals surface area contributed by atoms with Gasteiger partial charge in [0.25, 0.3) is 10.0 Å². The van der Waals surface area contributed by atoms with Gasteiger partial charge in [0, 0.05) is 41.9 Å². The van der Waals surface area contributed by atoms with Crippen LogP contribution in [0.25, 0.3) is 10.9 Å². The predicted octanol–water partition coefficient (Wildman–Crippen LogP) is 4.72. The van der Waals surface area contributed by atoms with Gasteiger partial charge in [0.15, 0.2) is 0 Å². The van der Waals surface area contributed by atoms with Gasteiger partial charge < -0.3 is 10.6 Å². The van der Waals surface area contributed by atoms with E-state index >= 15 is 0 Å². The smallest absolute Gasteiger partial charge is 0.269 e. The molecule has 4 rings (SSSR count). The first kappa shape index (κ1) is 22.8. The van der Waals surface area contributed by atoms with Crippen LogP contribution >= 0.6 is 12.4 Å². The number of rotatable bonds is 7. The fourth-order valence-electron chi connectivity index (χ4n) is 3.52. The molecular formula is C23H25ClN4O2S. The number of pyridine rings is 1. The first-order chi connectivity index (χ1) is 14.5. The fraction of sp³-hybridized carbons (Fsp3) is 0.174. The van der Waals surface area contributed by atoms with Crippen LogP contribution in [0.4, 0.5) is 11.4 Å². The molecule has 0 bridgehead atoms. The summed E-state index contributed by atoms with van der Waals surface area (Å²) in [6.07, 6.45) is 5.57. The summed E-state index contributed by atoms with van der Waals surface area (Å²) in [4.78, 5) is 4.13. The first-order valence-electron chi connectivity index (χ1n) is 9.83. The van der Waals surface area contributed by atoms with E-state index in [0.29, 0.717) is 12.1 Å². The SMILES string of the molecule is CCc1cccc(Nc2ccc3c(CNC)cn(S(=O)(=O)c4cccnc4)c3c2)c1.Cl. The third kappa shape index (κ3) is 4.58. The molecule has 0 aliphatic rings. The van der Waals surface area contributed by atoms with E-state index in [0.717, 1.165) is 28.7 Å². The van der Waals surface area contributed by atoms with E-state index < -0.39 is 10.0 Å². The Hall–Kier alpha value is -2.87. The van der Waals surface area contributed by atoms with Crippen LogP contribution in [0.15, 0.2) is 78.1 Å². The second kappa shape index (κ2) is 9.51. The number of aromatic nitrogens is 2. The van der Waals surface area contributed by atoms with Crippen molar-refractivity contribution in [1.29, 1.82) is 0 Å². The van der Waals surface area contributed by atoms with Gasteiger partial charge in [-0.1, -0.05) is 25.1 Å². The summed E-state index contributed by atoms with van der Waals surface area (Å²) >= 11 is 0. The highest BCUT2D eigenvalue weighted by molar-refractivity contribution is 7.90. The number of hydrogen-bond acceptors (Lipinski definition) is 5. The van der Waals surface area contributed by atoms with E-state index in [2.05, 4.69) is 34.7 Å². The van der Waals surface area contributed by atoms with Gasteiger partial charge in [-0.3, -0.25) is 4.98 Å². The van der Waals surface area contributed by atoms with Crippen LogP contribution in [0, 0.1) is 0 Å². The van der Waals surface area contributed by atoms with E-state index in [9.17, 15) is 8.42 Å². The highest BCUT2D eigenvalue weighted by Gasteiger charge is 2.21. The molecule has 0 saturated carbocycles. The summed E-state index contributed by atoms with van der Waals surface area (Å²) in [5.41, 5.74) is 4.57. The maximum Gasteiger partial charge on any atom is 0.269 e. The summed E-state index contributed by atoms with van der Waals surface area (Å²) in [6, 6.07) is 17.2. The second-order valence-electron chi connectivity index (χ2n) is 7.09. The van der Waals surface area contributed by atoms with Crippen molar-refractivity contribution in [2.75, 3.05) is 12.4 Å². The number of fused-ring (bicyclic) bond motifs is 1. The maximum absolute atomic E-state index is 13.3. The first-order valence-corrected chi connectivity index (χ1v) is 11.3. The standard InChI is InChI=1S/C23H24N4O2S.ClH/c1-3-17-6-4-7-19(12-17)26-20-9-10-22-18(14-24-2)16-27(23(22)13-20)30(28,29)21-8-5-11-25-15-21;/h4-13,15-16,24,26H,3,14H2,1-2H3;1H. The summed E-state index contributed by atoms with van der Waals surface area (Å²) in [5, 5.41) is 7.40. The van der Waals surface area contributed by atoms with Crippen molar-refractivity contribution < 1.29 is 8.42 Å². The molecule has 162 valence electrons. The van der Waals surface area contributed by atoms with Crippen LogP contribution in [0.3, 0.4) is 0 Å². The van der Waals surface area contributed by atoms with Gasteiger partial charge in [-0.05, 0) is 61.0 Å². The molecule has 31 heavy (non-hydrogen) atoms. The van der Waals surface area contributed by atoms with Crippen molar-refractivity contribution in [1.82, 2.24) is 14.3 Å². The molecule has 0 aliphatic heterocycles. The third-order valence-corrected chi connectivity index (χ3v) is 6.69. The Morgan fingerprint density at radius 3 is 2.55 bits per heavy atom. The zero-order valence-electron chi connectivity index (χ0n) is 17.4. The summed E-state index contributed by atoms with van der Waals surface area (Å²) in [7, 11) is -1.92. The molecule has 0 unspecified atom stereocenters. The molecule has 2 aromatic carbocycles. The molecule has 2 heterocycles. The molecule has 2 N–H and O–H groups in total. The second-order valence-corrected chi connectivity index (χ2v) is 8.90. The van der Waals surface area contributed by atoms with Gasteiger partial charge in [-0.15, -0.1) is 12.4 Å². The van der Waals surface area contributed by atoms with Crippen molar-refractivity contribution in [2.45, 2.75) is 24.8 Å². The zero-order valence-corrected chi connectivity index (χ0v) is 19.0. The Labute approximate surface area is 188 Å². The molecule has 0 amide bonds. The molecule has 0 radical (unpaired) electrons. The van der Waals surface area contributed by atoms with Gasteiger partial charge in [-0.2, -0.15) is 0 Å². The lowest BCUT2D eigenvalue weighted by Gasteiger charge is -2.10. The summed E-state index contributed by atoms with van der Waals surface area (Å²) in [6.45, 7) is 2.68. The van der Waals surface area contributed by atoms with E-state index in [1.54, 1.807) is 24.5 Å². The monoisotopic (exact) mass is 456 g/mol. The van der Waals surface area contributed by atoms with Gasteiger partial charge in [-0.25, -0.2) is 12.4 Å². The van der Waals surface area contributed by atoms with E-state index in [-0.39, 0.29) is 17.3 Å². The average molecular weight is 457 g/mol. The van der Waals surface area contributed by atoms with Crippen molar-refractivity contribution in [3.63, 3.8) is 0 Å². The lowest BCUT2D eigenvalue weighted by atomic mass is 10.1. The molecule has 0 spiro atoms. The minimum Gasteiger partial charge on any atom is -0.355 e. The Morgan fingerprint density at radius 2 is 1.84 bits per heavy atom. The van der Waals surface area contributed by atoms with Crippen molar-refractivity contribution in [3.8, 4) is 0 Å². The van der Waals surface area contributed by atoms with Gasteiger partial charge >= 0.3 is 0 Å². The number of hydrogen-bond donors (Lipinski definition) is 2. The number of halogens is 1. The Bertz CT molecular complexity index is 1290. The van der Waals surface area contributed by atoms with Crippen molar-refractivity contribution in [3.05, 3.63) is 84.3 Å². The molecule has 8 heteroatoms. The lowest BCUT2D eigenvalue weighted by Crippen LogP contribution is -2.12. The van der Waals surface area contributed by atoms with Crippen molar-refractivity contribution >= 4 is 44.7 Å². The maximum atomic E-state index is 13.3. The topological polar surface area (TPSA) is 76.0 Å². The quantitative estimate of drug-likeness (QED) is 0.420. The number of nitrogens with zero attached hydrogens (tertiary/aromatic N) is 2. The third-order valence-electron chi connectivity index (χ3n) is 5.04. The molecule has 6 nitrogen and oxygen atoms in total. The lowest BCUT2D eigenvalue weighted by molar-refractivity contribution is 0.588. The average Bonchev–Trinajstić information content (AvgIpc) is 3.13. The predicted molar refractivity (Wildman–Crippen MR) is 128 cm³/mol. The number of nitrogens with one attached hydrogen (secondary N) is 2. The van der Waals surface area contributed by atoms with Crippen LogP contribution in [0.2, 0.25) is 0 Å². The van der Waals surface area contributed by atoms with E-state index in [4.69, 9.17) is 0 Å². The minimum absolute atomic E-state index is 0.